The first-order valence-corrected chi connectivity index (χ1v) is 5.71. The second-order valence-electron chi connectivity index (χ2n) is 4.41. The summed E-state index contributed by atoms with van der Waals surface area (Å²) in [6.07, 6.45) is 1.15. The average molecular weight is 224 g/mol. The molecular weight excluding hydrogens is 207 g/mol. The van der Waals surface area contributed by atoms with Gasteiger partial charge in [-0.2, -0.15) is 0 Å². The van der Waals surface area contributed by atoms with E-state index >= 15 is 0 Å². The van der Waals surface area contributed by atoms with E-state index in [2.05, 4.69) is 0 Å². The van der Waals surface area contributed by atoms with Crippen LogP contribution in [0.3, 0.4) is 0 Å². The van der Waals surface area contributed by atoms with Crippen LogP contribution in [0.15, 0.2) is 18.2 Å². The quantitative estimate of drug-likeness (QED) is 0.782. The summed E-state index contributed by atoms with van der Waals surface area (Å²) in [6.45, 7) is 5.18. The molecule has 1 fully saturated rings. The van der Waals surface area contributed by atoms with E-state index in [4.69, 9.17) is 9.47 Å². The van der Waals surface area contributed by atoms with Gasteiger partial charge in [-0.15, -0.1) is 0 Å². The van der Waals surface area contributed by atoms with Crippen molar-refractivity contribution in [3.8, 4) is 5.75 Å². The zero-order chi connectivity index (χ0) is 11.5. The number of benzene rings is 1. The molecule has 88 valence electrons. The normalized spacial score (nSPS) is 19.6. The molecule has 1 aliphatic heterocycles. The Balaban J connectivity index is 2.04. The van der Waals surface area contributed by atoms with Gasteiger partial charge in [0.05, 0.1) is 6.10 Å². The minimum Gasteiger partial charge on any atom is -0.488 e. The monoisotopic (exact) mass is 224 g/mol. The van der Waals surface area contributed by atoms with Gasteiger partial charge in [0.25, 0.3) is 0 Å². The van der Waals surface area contributed by atoms with Crippen molar-refractivity contribution in [1.82, 2.24) is 0 Å². The summed E-state index contributed by atoms with van der Waals surface area (Å²) < 4.78 is 24.6. The lowest BCUT2D eigenvalue weighted by molar-refractivity contribution is -0.0725. The van der Waals surface area contributed by atoms with E-state index in [1.54, 1.807) is 12.1 Å². The number of rotatable bonds is 4. The summed E-state index contributed by atoms with van der Waals surface area (Å²) in [5.41, 5.74) is 0.701. The lowest BCUT2D eigenvalue weighted by Gasteiger charge is -2.26. The molecule has 3 heteroatoms. The second kappa shape index (κ2) is 4.83. The summed E-state index contributed by atoms with van der Waals surface area (Å²) in [4.78, 5) is 0. The van der Waals surface area contributed by atoms with Crippen LogP contribution in [-0.2, 0) is 4.74 Å². The standard InChI is InChI=1S/C13H17FO2/c1-9(2)11-4-3-5-12(13(11)14)16-8-10-6-7-15-10/h3-5,9-10H,6-8H2,1-2H3. The van der Waals surface area contributed by atoms with Gasteiger partial charge in [0, 0.05) is 13.0 Å². The molecule has 1 atom stereocenters. The molecule has 2 rings (SSSR count). The van der Waals surface area contributed by atoms with Crippen molar-refractivity contribution in [3.63, 3.8) is 0 Å². The van der Waals surface area contributed by atoms with Crippen LogP contribution in [0.5, 0.6) is 5.75 Å². The SMILES string of the molecule is CC(C)c1cccc(OCC2CCO2)c1F. The summed E-state index contributed by atoms with van der Waals surface area (Å²) in [6, 6.07) is 5.29. The van der Waals surface area contributed by atoms with Gasteiger partial charge >= 0.3 is 0 Å². The molecule has 1 saturated heterocycles. The molecule has 1 heterocycles. The highest BCUT2D eigenvalue weighted by Crippen LogP contribution is 2.26. The molecule has 1 unspecified atom stereocenters. The fraction of sp³-hybridized carbons (Fsp3) is 0.538. The van der Waals surface area contributed by atoms with Crippen molar-refractivity contribution in [2.45, 2.75) is 32.3 Å². The molecule has 0 radical (unpaired) electrons. The van der Waals surface area contributed by atoms with E-state index in [1.165, 1.54) is 0 Å². The number of halogens is 1. The van der Waals surface area contributed by atoms with Crippen molar-refractivity contribution in [3.05, 3.63) is 29.6 Å². The first kappa shape index (κ1) is 11.4. The van der Waals surface area contributed by atoms with E-state index in [-0.39, 0.29) is 17.8 Å². The molecule has 0 spiro atoms. The van der Waals surface area contributed by atoms with Crippen LogP contribution in [0, 0.1) is 5.82 Å². The van der Waals surface area contributed by atoms with Crippen molar-refractivity contribution in [1.29, 1.82) is 0 Å². The molecule has 0 amide bonds. The van der Waals surface area contributed by atoms with Gasteiger partial charge in [0.2, 0.25) is 0 Å². The van der Waals surface area contributed by atoms with Crippen LogP contribution in [0.25, 0.3) is 0 Å². The summed E-state index contributed by atoms with van der Waals surface area (Å²) in [7, 11) is 0. The first-order valence-electron chi connectivity index (χ1n) is 5.71. The van der Waals surface area contributed by atoms with Gasteiger partial charge in [0.15, 0.2) is 11.6 Å². The average Bonchev–Trinajstić information content (AvgIpc) is 2.17. The smallest absolute Gasteiger partial charge is 0.168 e. The number of hydrogen-bond donors (Lipinski definition) is 0. The van der Waals surface area contributed by atoms with Crippen molar-refractivity contribution in [2.75, 3.05) is 13.2 Å². The fourth-order valence-electron chi connectivity index (χ4n) is 1.68. The predicted octanol–water partition coefficient (Wildman–Crippen LogP) is 3.12. The molecule has 0 aliphatic carbocycles. The highest BCUT2D eigenvalue weighted by Gasteiger charge is 2.20. The van der Waals surface area contributed by atoms with E-state index in [9.17, 15) is 4.39 Å². The van der Waals surface area contributed by atoms with Gasteiger partial charge in [-0.3, -0.25) is 0 Å². The topological polar surface area (TPSA) is 18.5 Å². The highest BCUT2D eigenvalue weighted by molar-refractivity contribution is 5.32. The van der Waals surface area contributed by atoms with Crippen LogP contribution in [-0.4, -0.2) is 19.3 Å². The first-order chi connectivity index (χ1) is 7.68. The zero-order valence-electron chi connectivity index (χ0n) is 9.70. The molecule has 0 N–H and O–H groups in total. The van der Waals surface area contributed by atoms with Crippen molar-refractivity contribution < 1.29 is 13.9 Å². The molecule has 0 saturated carbocycles. The van der Waals surface area contributed by atoms with Crippen LogP contribution >= 0.6 is 0 Å². The molecule has 1 aliphatic rings. The zero-order valence-corrected chi connectivity index (χ0v) is 9.70. The Morgan fingerprint density at radius 3 is 2.81 bits per heavy atom. The van der Waals surface area contributed by atoms with Gasteiger partial charge in [-0.25, -0.2) is 4.39 Å². The molecule has 1 aromatic rings. The van der Waals surface area contributed by atoms with Crippen molar-refractivity contribution >= 4 is 0 Å². The highest BCUT2D eigenvalue weighted by atomic mass is 19.1. The lowest BCUT2D eigenvalue weighted by atomic mass is 10.0. The van der Waals surface area contributed by atoms with Gasteiger partial charge in [-0.1, -0.05) is 26.0 Å². The maximum absolute atomic E-state index is 13.9. The largest absolute Gasteiger partial charge is 0.488 e. The Kier molecular flexibility index (Phi) is 3.44. The Morgan fingerprint density at radius 2 is 2.25 bits per heavy atom. The molecule has 0 bridgehead atoms. The second-order valence-corrected chi connectivity index (χ2v) is 4.41. The Hall–Kier alpha value is -1.09. The van der Waals surface area contributed by atoms with E-state index in [0.29, 0.717) is 17.9 Å². The molecular formula is C13H17FO2. The van der Waals surface area contributed by atoms with E-state index in [0.717, 1.165) is 13.0 Å². The van der Waals surface area contributed by atoms with Gasteiger partial charge in [-0.05, 0) is 17.5 Å². The Labute approximate surface area is 95.4 Å². The summed E-state index contributed by atoms with van der Waals surface area (Å²) in [5, 5.41) is 0. The van der Waals surface area contributed by atoms with Crippen LogP contribution in [0.4, 0.5) is 4.39 Å². The van der Waals surface area contributed by atoms with Crippen LogP contribution in [0.2, 0.25) is 0 Å². The molecule has 16 heavy (non-hydrogen) atoms. The maximum Gasteiger partial charge on any atom is 0.168 e. The minimum absolute atomic E-state index is 0.141. The van der Waals surface area contributed by atoms with E-state index in [1.807, 2.05) is 19.9 Å². The van der Waals surface area contributed by atoms with Gasteiger partial charge < -0.3 is 9.47 Å². The van der Waals surface area contributed by atoms with Crippen LogP contribution < -0.4 is 4.74 Å². The fourth-order valence-corrected chi connectivity index (χ4v) is 1.68. The third-order valence-electron chi connectivity index (χ3n) is 2.83. The third kappa shape index (κ3) is 2.35. The number of ether oxygens (including phenoxy) is 2. The molecule has 1 aromatic carbocycles. The molecule has 0 aromatic heterocycles. The van der Waals surface area contributed by atoms with E-state index < -0.39 is 0 Å². The van der Waals surface area contributed by atoms with Gasteiger partial charge in [0.1, 0.15) is 6.61 Å². The Bertz CT molecular complexity index is 359. The maximum atomic E-state index is 13.9. The number of hydrogen-bond acceptors (Lipinski definition) is 2. The van der Waals surface area contributed by atoms with Crippen LogP contribution in [0.1, 0.15) is 31.7 Å². The summed E-state index contributed by atoms with van der Waals surface area (Å²) in [5.74, 6) is 0.266. The molecule has 2 nitrogen and oxygen atoms in total. The third-order valence-corrected chi connectivity index (χ3v) is 2.83. The summed E-state index contributed by atoms with van der Waals surface area (Å²) >= 11 is 0. The Morgan fingerprint density at radius 1 is 1.50 bits per heavy atom. The predicted molar refractivity (Wildman–Crippen MR) is 60.3 cm³/mol. The lowest BCUT2D eigenvalue weighted by Crippen LogP contribution is -2.32. The van der Waals surface area contributed by atoms with Crippen molar-refractivity contribution in [2.24, 2.45) is 0 Å². The minimum atomic E-state index is -0.239.